The van der Waals surface area contributed by atoms with Crippen LogP contribution in [0.15, 0.2) is 17.5 Å². The molecule has 0 bridgehead atoms. The lowest BCUT2D eigenvalue weighted by molar-refractivity contribution is 0.0943. The van der Waals surface area contributed by atoms with Crippen LogP contribution in [0.25, 0.3) is 0 Å². The minimum absolute atomic E-state index is 0.0369. The van der Waals surface area contributed by atoms with Gasteiger partial charge in [-0.3, -0.25) is 14.4 Å². The van der Waals surface area contributed by atoms with Crippen molar-refractivity contribution < 1.29 is 4.79 Å². The maximum atomic E-state index is 12.8. The fraction of sp³-hybridized carbons (Fsp3) is 0.619. The molecule has 0 aliphatic heterocycles. The molecule has 6 heteroatoms. The molecular formula is C21H30N4OS. The number of nitrogens with zero attached hydrogens (tertiary/aromatic N) is 3. The van der Waals surface area contributed by atoms with E-state index in [2.05, 4.69) is 28.3 Å². The number of aromatic nitrogens is 2. The Morgan fingerprint density at radius 3 is 2.96 bits per heavy atom. The largest absolute Gasteiger partial charge is 0.346 e. The van der Waals surface area contributed by atoms with Crippen LogP contribution in [0.3, 0.4) is 0 Å². The van der Waals surface area contributed by atoms with Gasteiger partial charge in [-0.05, 0) is 62.4 Å². The van der Waals surface area contributed by atoms with Gasteiger partial charge >= 0.3 is 0 Å². The topological polar surface area (TPSA) is 50.2 Å². The Bertz CT molecular complexity index is 778. The van der Waals surface area contributed by atoms with Crippen LogP contribution in [0, 0.1) is 5.92 Å². The summed E-state index contributed by atoms with van der Waals surface area (Å²) >= 11 is 1.67. The van der Waals surface area contributed by atoms with Gasteiger partial charge in [-0.2, -0.15) is 5.10 Å². The maximum absolute atomic E-state index is 12.8. The molecular weight excluding hydrogens is 356 g/mol. The number of carbonyl (C=O) groups is 1. The van der Waals surface area contributed by atoms with E-state index in [4.69, 9.17) is 0 Å². The Morgan fingerprint density at radius 2 is 2.26 bits per heavy atom. The summed E-state index contributed by atoms with van der Waals surface area (Å²) in [6, 6.07) is 4.61. The quantitative estimate of drug-likeness (QED) is 0.757. The molecule has 146 valence electrons. The van der Waals surface area contributed by atoms with Crippen molar-refractivity contribution in [1.82, 2.24) is 20.0 Å². The number of rotatable bonds is 8. The molecule has 1 fully saturated rings. The first-order valence-corrected chi connectivity index (χ1v) is 11.1. The molecule has 1 N–H and O–H groups in total. The third kappa shape index (κ3) is 4.27. The highest BCUT2D eigenvalue weighted by atomic mass is 32.1. The Labute approximate surface area is 165 Å². The summed E-state index contributed by atoms with van der Waals surface area (Å²) in [4.78, 5) is 16.7. The highest BCUT2D eigenvalue weighted by Crippen LogP contribution is 2.33. The van der Waals surface area contributed by atoms with Crippen LogP contribution in [0.5, 0.6) is 0 Å². The van der Waals surface area contributed by atoms with Crippen LogP contribution in [0.2, 0.25) is 0 Å². The number of hydrogen-bond donors (Lipinski definition) is 1. The minimum Gasteiger partial charge on any atom is -0.346 e. The SMILES string of the molecule is CCCN(CC1CC1)[C@@H]1CCc2c(c(C(=O)NCc3cccs3)nn2C)C1. The van der Waals surface area contributed by atoms with E-state index in [0.717, 1.165) is 25.3 Å². The number of fused-ring (bicyclic) bond motifs is 1. The van der Waals surface area contributed by atoms with E-state index in [9.17, 15) is 4.79 Å². The van der Waals surface area contributed by atoms with E-state index in [1.54, 1.807) is 11.3 Å². The summed E-state index contributed by atoms with van der Waals surface area (Å²) in [5.74, 6) is 0.866. The zero-order valence-electron chi connectivity index (χ0n) is 16.4. The average molecular weight is 387 g/mol. The van der Waals surface area contributed by atoms with Crippen molar-refractivity contribution in [2.24, 2.45) is 13.0 Å². The van der Waals surface area contributed by atoms with Gasteiger partial charge in [0.1, 0.15) is 0 Å². The molecule has 0 saturated heterocycles. The summed E-state index contributed by atoms with van der Waals surface area (Å²) in [7, 11) is 1.98. The number of nitrogens with one attached hydrogen (secondary N) is 1. The molecule has 0 unspecified atom stereocenters. The van der Waals surface area contributed by atoms with E-state index >= 15 is 0 Å². The van der Waals surface area contributed by atoms with Gasteiger partial charge in [0, 0.05) is 35.8 Å². The van der Waals surface area contributed by atoms with Crippen molar-refractivity contribution in [2.45, 2.75) is 58.0 Å². The third-order valence-corrected chi connectivity index (χ3v) is 6.74. The predicted octanol–water partition coefficient (Wildman–Crippen LogP) is 3.39. The molecule has 0 aromatic carbocycles. The normalized spacial score (nSPS) is 19.3. The van der Waals surface area contributed by atoms with Crippen molar-refractivity contribution >= 4 is 17.2 Å². The predicted molar refractivity (Wildman–Crippen MR) is 109 cm³/mol. The van der Waals surface area contributed by atoms with E-state index in [0.29, 0.717) is 18.3 Å². The zero-order valence-corrected chi connectivity index (χ0v) is 17.2. The van der Waals surface area contributed by atoms with Crippen molar-refractivity contribution in [2.75, 3.05) is 13.1 Å². The van der Waals surface area contributed by atoms with E-state index in [1.165, 1.54) is 48.4 Å². The molecule has 1 amide bonds. The second-order valence-corrected chi connectivity index (χ2v) is 9.03. The smallest absolute Gasteiger partial charge is 0.272 e. The molecule has 27 heavy (non-hydrogen) atoms. The lowest BCUT2D eigenvalue weighted by atomic mass is 9.90. The van der Waals surface area contributed by atoms with Gasteiger partial charge in [0.15, 0.2) is 5.69 Å². The van der Waals surface area contributed by atoms with Gasteiger partial charge in [-0.25, -0.2) is 0 Å². The molecule has 1 saturated carbocycles. The number of amides is 1. The third-order valence-electron chi connectivity index (χ3n) is 5.86. The van der Waals surface area contributed by atoms with Crippen LogP contribution in [-0.4, -0.2) is 39.7 Å². The van der Waals surface area contributed by atoms with Crippen LogP contribution in [0.1, 0.15) is 59.2 Å². The first-order chi connectivity index (χ1) is 13.2. The molecule has 0 spiro atoms. The van der Waals surface area contributed by atoms with Crippen LogP contribution in [0.4, 0.5) is 0 Å². The number of thiophene rings is 1. The Balaban J connectivity index is 1.48. The highest BCUT2D eigenvalue weighted by molar-refractivity contribution is 7.09. The average Bonchev–Trinajstić information content (AvgIpc) is 3.22. The number of carbonyl (C=O) groups excluding carboxylic acids is 1. The van der Waals surface area contributed by atoms with Crippen molar-refractivity contribution in [3.8, 4) is 0 Å². The first-order valence-electron chi connectivity index (χ1n) is 10.2. The Hall–Kier alpha value is -1.66. The summed E-state index contributed by atoms with van der Waals surface area (Å²) in [5.41, 5.74) is 3.06. The zero-order chi connectivity index (χ0) is 18.8. The minimum atomic E-state index is -0.0369. The molecule has 2 aromatic rings. The number of hydrogen-bond acceptors (Lipinski definition) is 4. The maximum Gasteiger partial charge on any atom is 0.272 e. The van der Waals surface area contributed by atoms with E-state index in [1.807, 2.05) is 23.2 Å². The summed E-state index contributed by atoms with van der Waals surface area (Å²) < 4.78 is 1.93. The fourth-order valence-electron chi connectivity index (χ4n) is 4.27. The van der Waals surface area contributed by atoms with Crippen molar-refractivity contribution in [3.63, 3.8) is 0 Å². The van der Waals surface area contributed by atoms with Crippen molar-refractivity contribution in [3.05, 3.63) is 39.3 Å². The van der Waals surface area contributed by atoms with Gasteiger partial charge in [0.2, 0.25) is 0 Å². The summed E-state index contributed by atoms with van der Waals surface area (Å²) in [6.45, 7) is 5.24. The molecule has 2 aliphatic carbocycles. The Kier molecular flexibility index (Phi) is 5.64. The lowest BCUT2D eigenvalue weighted by Gasteiger charge is -2.34. The van der Waals surface area contributed by atoms with E-state index < -0.39 is 0 Å². The lowest BCUT2D eigenvalue weighted by Crippen LogP contribution is -2.41. The molecule has 2 aromatic heterocycles. The molecule has 5 nitrogen and oxygen atoms in total. The summed E-state index contributed by atoms with van der Waals surface area (Å²) in [5, 5.41) is 9.69. The standard InChI is InChI=1S/C21H30N4OS/c1-3-10-25(14-15-6-7-15)16-8-9-19-18(12-16)20(23-24(19)2)21(26)22-13-17-5-4-11-27-17/h4-5,11,15-16H,3,6-10,12-14H2,1-2H3,(H,22,26)/t16-/m1/s1. The second kappa shape index (κ2) is 8.15. The van der Waals surface area contributed by atoms with Crippen molar-refractivity contribution in [1.29, 1.82) is 0 Å². The first kappa shape index (κ1) is 18.7. The monoisotopic (exact) mass is 386 g/mol. The molecule has 2 heterocycles. The second-order valence-electron chi connectivity index (χ2n) is 7.99. The molecule has 0 radical (unpaired) electrons. The van der Waals surface area contributed by atoms with Gasteiger partial charge in [0.25, 0.3) is 5.91 Å². The van der Waals surface area contributed by atoms with E-state index in [-0.39, 0.29) is 5.91 Å². The molecule has 1 atom stereocenters. The highest BCUT2D eigenvalue weighted by Gasteiger charge is 2.33. The van der Waals surface area contributed by atoms with Crippen LogP contribution >= 0.6 is 11.3 Å². The Morgan fingerprint density at radius 1 is 1.41 bits per heavy atom. The molecule has 2 aliphatic rings. The summed E-state index contributed by atoms with van der Waals surface area (Å²) in [6.07, 6.45) is 7.12. The van der Waals surface area contributed by atoms with Crippen LogP contribution < -0.4 is 5.32 Å². The van der Waals surface area contributed by atoms with Gasteiger partial charge in [0.05, 0.1) is 6.54 Å². The number of aryl methyl sites for hydroxylation is 1. The fourth-order valence-corrected chi connectivity index (χ4v) is 4.92. The van der Waals surface area contributed by atoms with Crippen LogP contribution in [-0.2, 0) is 26.4 Å². The van der Waals surface area contributed by atoms with Gasteiger partial charge in [-0.15, -0.1) is 11.3 Å². The molecule has 4 rings (SSSR count). The van der Waals surface area contributed by atoms with Gasteiger partial charge in [-0.1, -0.05) is 13.0 Å². The van der Waals surface area contributed by atoms with Gasteiger partial charge < -0.3 is 5.32 Å².